The van der Waals surface area contributed by atoms with Gasteiger partial charge in [0, 0.05) is 19.6 Å². The van der Waals surface area contributed by atoms with Gasteiger partial charge in [-0.1, -0.05) is 18.2 Å². The number of alkyl halides is 1. The highest BCUT2D eigenvalue weighted by Gasteiger charge is 2.33. The van der Waals surface area contributed by atoms with Crippen molar-refractivity contribution in [2.75, 3.05) is 20.2 Å². The Hall–Kier alpha value is -2.44. The van der Waals surface area contributed by atoms with Gasteiger partial charge in [0.2, 0.25) is 0 Å². The Labute approximate surface area is 158 Å². The number of aromatic nitrogens is 2. The predicted octanol–water partition coefficient (Wildman–Crippen LogP) is 3.62. The Kier molecular flexibility index (Phi) is 5.09. The number of imidazole rings is 1. The second kappa shape index (κ2) is 7.66. The normalized spacial score (nSPS) is 20.4. The number of H-pyrrole nitrogens is 1. The second-order valence-corrected chi connectivity index (χ2v) is 7.11. The minimum absolute atomic E-state index is 0.287. The van der Waals surface area contributed by atoms with Crippen molar-refractivity contribution in [1.82, 2.24) is 14.9 Å². The fourth-order valence-electron chi connectivity index (χ4n) is 3.51. The summed E-state index contributed by atoms with van der Waals surface area (Å²) in [5.74, 6) is 1.56. The summed E-state index contributed by atoms with van der Waals surface area (Å²) in [6.45, 7) is 3.99. The molecule has 0 spiro atoms. The summed E-state index contributed by atoms with van der Waals surface area (Å²) in [5.41, 5.74) is 4.20. The number of hydrogen-bond donors (Lipinski definition) is 1. The van der Waals surface area contributed by atoms with Gasteiger partial charge in [-0.05, 0) is 42.3 Å². The van der Waals surface area contributed by atoms with E-state index in [2.05, 4.69) is 20.9 Å². The van der Waals surface area contributed by atoms with Crippen molar-refractivity contribution < 1.29 is 13.9 Å². The van der Waals surface area contributed by atoms with Crippen LogP contribution in [-0.4, -0.2) is 47.3 Å². The van der Waals surface area contributed by atoms with E-state index in [9.17, 15) is 4.39 Å². The molecule has 1 aliphatic rings. The van der Waals surface area contributed by atoms with Crippen LogP contribution in [-0.2, 0) is 17.9 Å². The minimum atomic E-state index is -0.991. The molecule has 4 rings (SSSR count). The number of aryl methyl sites for hydroxylation is 1. The molecule has 0 radical (unpaired) electrons. The molecule has 2 unspecified atom stereocenters. The zero-order valence-electron chi connectivity index (χ0n) is 15.6. The number of fused-ring (bicyclic) bond motifs is 1. The van der Waals surface area contributed by atoms with Gasteiger partial charge in [-0.25, -0.2) is 9.37 Å². The largest absolute Gasteiger partial charge is 0.497 e. The van der Waals surface area contributed by atoms with Gasteiger partial charge in [-0.15, -0.1) is 0 Å². The molecule has 1 aromatic heterocycles. The number of rotatable bonds is 6. The fourth-order valence-corrected chi connectivity index (χ4v) is 3.51. The van der Waals surface area contributed by atoms with Crippen LogP contribution in [0, 0.1) is 6.92 Å². The molecule has 6 heteroatoms. The third-order valence-electron chi connectivity index (χ3n) is 4.96. The first-order valence-electron chi connectivity index (χ1n) is 9.17. The zero-order chi connectivity index (χ0) is 18.8. The third kappa shape index (κ3) is 4.12. The van der Waals surface area contributed by atoms with Crippen LogP contribution in [0.2, 0.25) is 0 Å². The second-order valence-electron chi connectivity index (χ2n) is 7.11. The van der Waals surface area contributed by atoms with Gasteiger partial charge in [0.15, 0.2) is 0 Å². The van der Waals surface area contributed by atoms with E-state index in [1.807, 2.05) is 43.3 Å². The van der Waals surface area contributed by atoms with Crippen LogP contribution in [0.3, 0.4) is 0 Å². The van der Waals surface area contributed by atoms with E-state index in [4.69, 9.17) is 9.47 Å². The van der Waals surface area contributed by atoms with Crippen LogP contribution < -0.4 is 4.74 Å². The SMILES string of the molecule is COc1ccc(CN2CC(F)C(OCc3nc4ccc(C)cc4[nH]3)C2)cc1. The number of aromatic amines is 1. The van der Waals surface area contributed by atoms with E-state index in [-0.39, 0.29) is 6.61 Å². The molecule has 1 aliphatic heterocycles. The molecule has 0 aliphatic carbocycles. The predicted molar refractivity (Wildman–Crippen MR) is 103 cm³/mol. The van der Waals surface area contributed by atoms with E-state index < -0.39 is 12.3 Å². The average Bonchev–Trinajstić information content (AvgIpc) is 3.22. The van der Waals surface area contributed by atoms with Gasteiger partial charge in [-0.2, -0.15) is 0 Å². The lowest BCUT2D eigenvalue weighted by Crippen LogP contribution is -2.24. The van der Waals surface area contributed by atoms with Crippen molar-refractivity contribution >= 4 is 11.0 Å². The van der Waals surface area contributed by atoms with Crippen LogP contribution in [0.1, 0.15) is 17.0 Å². The van der Waals surface area contributed by atoms with Gasteiger partial charge in [0.1, 0.15) is 30.5 Å². The molecule has 3 aromatic rings. The Balaban J connectivity index is 1.33. The van der Waals surface area contributed by atoms with Crippen LogP contribution in [0.5, 0.6) is 5.75 Å². The van der Waals surface area contributed by atoms with Gasteiger partial charge in [0.05, 0.1) is 18.1 Å². The summed E-state index contributed by atoms with van der Waals surface area (Å²) in [6, 6.07) is 13.9. The summed E-state index contributed by atoms with van der Waals surface area (Å²) in [6.07, 6.45) is -1.42. The van der Waals surface area contributed by atoms with Crippen molar-refractivity contribution in [1.29, 1.82) is 0 Å². The highest BCUT2D eigenvalue weighted by atomic mass is 19.1. The van der Waals surface area contributed by atoms with Crippen molar-refractivity contribution in [3.8, 4) is 5.75 Å². The number of nitrogens with one attached hydrogen (secondary N) is 1. The molecular formula is C21H24FN3O2. The number of likely N-dealkylation sites (tertiary alicyclic amines) is 1. The van der Waals surface area contributed by atoms with E-state index in [1.54, 1.807) is 7.11 Å². The minimum Gasteiger partial charge on any atom is -0.497 e. The summed E-state index contributed by atoms with van der Waals surface area (Å²) in [4.78, 5) is 9.85. The fraction of sp³-hybridized carbons (Fsp3) is 0.381. The highest BCUT2D eigenvalue weighted by Crippen LogP contribution is 2.22. The van der Waals surface area contributed by atoms with Crippen molar-refractivity contribution in [3.05, 3.63) is 59.4 Å². The van der Waals surface area contributed by atoms with Crippen LogP contribution in [0.4, 0.5) is 4.39 Å². The standard InChI is InChI=1S/C21H24FN3O2/c1-14-3-8-18-19(9-14)24-21(23-18)13-27-20-12-25(11-17(20)22)10-15-4-6-16(26-2)7-5-15/h3-9,17,20H,10-13H2,1-2H3,(H,23,24). The number of hydrogen-bond acceptors (Lipinski definition) is 4. The van der Waals surface area contributed by atoms with Crippen molar-refractivity contribution in [2.24, 2.45) is 0 Å². The number of ether oxygens (including phenoxy) is 2. The molecule has 0 saturated carbocycles. The average molecular weight is 369 g/mol. The Bertz CT molecular complexity index is 909. The van der Waals surface area contributed by atoms with E-state index in [1.165, 1.54) is 5.56 Å². The Morgan fingerprint density at radius 3 is 2.78 bits per heavy atom. The summed E-state index contributed by atoms with van der Waals surface area (Å²) in [5, 5.41) is 0. The highest BCUT2D eigenvalue weighted by molar-refractivity contribution is 5.75. The smallest absolute Gasteiger partial charge is 0.140 e. The van der Waals surface area contributed by atoms with Crippen LogP contribution >= 0.6 is 0 Å². The van der Waals surface area contributed by atoms with Crippen LogP contribution in [0.15, 0.2) is 42.5 Å². The maximum absolute atomic E-state index is 14.4. The Morgan fingerprint density at radius 1 is 1.19 bits per heavy atom. The molecule has 2 aromatic carbocycles. The molecule has 1 fully saturated rings. The van der Waals surface area contributed by atoms with E-state index in [0.29, 0.717) is 19.6 Å². The molecule has 0 bridgehead atoms. The first-order chi connectivity index (χ1) is 13.1. The number of methoxy groups -OCH3 is 1. The molecule has 5 nitrogen and oxygen atoms in total. The Morgan fingerprint density at radius 2 is 2.00 bits per heavy atom. The molecule has 1 saturated heterocycles. The molecule has 2 heterocycles. The van der Waals surface area contributed by atoms with Gasteiger partial charge in [0.25, 0.3) is 0 Å². The summed E-state index contributed by atoms with van der Waals surface area (Å²) in [7, 11) is 1.65. The maximum atomic E-state index is 14.4. The van der Waals surface area contributed by atoms with Crippen molar-refractivity contribution in [3.63, 3.8) is 0 Å². The molecule has 27 heavy (non-hydrogen) atoms. The number of halogens is 1. The lowest BCUT2D eigenvalue weighted by atomic mass is 10.2. The number of benzene rings is 2. The molecule has 142 valence electrons. The molecule has 2 atom stereocenters. The number of nitrogens with zero attached hydrogens (tertiary/aromatic N) is 2. The lowest BCUT2D eigenvalue weighted by molar-refractivity contribution is 0.00864. The summed E-state index contributed by atoms with van der Waals surface area (Å²) >= 11 is 0. The van der Waals surface area contributed by atoms with Gasteiger partial charge < -0.3 is 14.5 Å². The third-order valence-corrected chi connectivity index (χ3v) is 4.96. The van der Waals surface area contributed by atoms with E-state index in [0.717, 1.165) is 28.2 Å². The van der Waals surface area contributed by atoms with Crippen molar-refractivity contribution in [2.45, 2.75) is 32.4 Å². The van der Waals surface area contributed by atoms with Gasteiger partial charge >= 0.3 is 0 Å². The first-order valence-corrected chi connectivity index (χ1v) is 9.17. The maximum Gasteiger partial charge on any atom is 0.140 e. The lowest BCUT2D eigenvalue weighted by Gasteiger charge is -2.15. The monoisotopic (exact) mass is 369 g/mol. The quantitative estimate of drug-likeness (QED) is 0.721. The molecular weight excluding hydrogens is 345 g/mol. The van der Waals surface area contributed by atoms with E-state index >= 15 is 0 Å². The first kappa shape index (κ1) is 17.9. The van der Waals surface area contributed by atoms with Crippen LogP contribution in [0.25, 0.3) is 11.0 Å². The topological polar surface area (TPSA) is 50.4 Å². The molecule has 1 N–H and O–H groups in total. The zero-order valence-corrected chi connectivity index (χ0v) is 15.6. The summed E-state index contributed by atoms with van der Waals surface area (Å²) < 4.78 is 25.4. The van der Waals surface area contributed by atoms with Gasteiger partial charge in [-0.3, -0.25) is 4.90 Å². The molecule has 0 amide bonds.